The Kier molecular flexibility index (Phi) is 12.9. The zero-order chi connectivity index (χ0) is 25.3. The van der Waals surface area contributed by atoms with Crippen molar-refractivity contribution in [2.45, 2.75) is 26.3 Å². The molecule has 0 unspecified atom stereocenters. The summed E-state index contributed by atoms with van der Waals surface area (Å²) in [5, 5.41) is 20.4. The van der Waals surface area contributed by atoms with Crippen molar-refractivity contribution in [2.24, 2.45) is 0 Å². The van der Waals surface area contributed by atoms with Gasteiger partial charge in [0.05, 0.1) is 18.0 Å². The fourth-order valence-electron chi connectivity index (χ4n) is 3.51. The number of para-hydroxylation sites is 2. The lowest BCUT2D eigenvalue weighted by atomic mass is 10.1. The lowest BCUT2D eigenvalue weighted by molar-refractivity contribution is 0.194. The molecule has 0 bridgehead atoms. The van der Waals surface area contributed by atoms with Crippen LogP contribution in [0.5, 0.6) is 0 Å². The van der Waals surface area contributed by atoms with Crippen LogP contribution < -0.4 is 16.3 Å². The van der Waals surface area contributed by atoms with Gasteiger partial charge in [-0.3, -0.25) is 10.3 Å². The van der Waals surface area contributed by atoms with E-state index in [-0.39, 0.29) is 0 Å². The number of aliphatic hydroxyl groups excluding tert-OH is 1. The van der Waals surface area contributed by atoms with Gasteiger partial charge < -0.3 is 15.6 Å². The maximum absolute atomic E-state index is 7.32. The number of anilines is 2. The second kappa shape index (κ2) is 16.2. The molecule has 0 saturated carbocycles. The molecule has 0 amide bonds. The minimum Gasteiger partial charge on any atom is -0.400 e. The second-order valence-electron chi connectivity index (χ2n) is 7.67. The highest BCUT2D eigenvalue weighted by Crippen LogP contribution is 2.22. The van der Waals surface area contributed by atoms with Gasteiger partial charge in [0.15, 0.2) is 0 Å². The van der Waals surface area contributed by atoms with Crippen LogP contribution in [0.4, 0.5) is 11.4 Å². The first-order chi connectivity index (χ1) is 17.2. The summed E-state index contributed by atoms with van der Waals surface area (Å²) in [7, 11) is 2.43. The van der Waals surface area contributed by atoms with Crippen LogP contribution in [0.1, 0.15) is 23.6 Å². The lowest BCUT2D eigenvalue weighted by Crippen LogP contribution is -2.08. The van der Waals surface area contributed by atoms with E-state index < -0.39 is 0 Å². The molecule has 0 aliphatic rings. The molecule has 0 aliphatic carbocycles. The molecule has 4 aromatic rings. The summed E-state index contributed by atoms with van der Waals surface area (Å²) in [6, 6.07) is 31.9. The number of benzene rings is 4. The molecule has 0 aliphatic heterocycles. The van der Waals surface area contributed by atoms with Crippen LogP contribution in [0.15, 0.2) is 91.0 Å². The van der Waals surface area contributed by atoms with Crippen LogP contribution in [0.3, 0.4) is 0 Å². The van der Waals surface area contributed by atoms with Gasteiger partial charge in [-0.1, -0.05) is 85.8 Å². The molecule has 0 radical (unpaired) electrons. The van der Waals surface area contributed by atoms with E-state index in [0.717, 1.165) is 37.9 Å². The van der Waals surface area contributed by atoms with E-state index in [9.17, 15) is 0 Å². The second-order valence-corrected chi connectivity index (χ2v) is 7.67. The van der Waals surface area contributed by atoms with Gasteiger partial charge in [0.1, 0.15) is 0 Å². The molecule has 4 rings (SSSR count). The van der Waals surface area contributed by atoms with E-state index >= 15 is 0 Å². The third-order valence-corrected chi connectivity index (χ3v) is 5.33. The van der Waals surface area contributed by atoms with Crippen molar-refractivity contribution in [3.05, 3.63) is 108 Å². The Morgan fingerprint density at radius 3 is 1.97 bits per heavy atom. The number of hydroxylamine groups is 1. The van der Waals surface area contributed by atoms with Crippen LogP contribution in [0, 0.1) is 0 Å². The monoisotopic (exact) mass is 475 g/mol. The quantitative estimate of drug-likeness (QED) is 0.155. The molecule has 0 heterocycles. The number of aliphatic hydroxyl groups is 1. The first kappa shape index (κ1) is 27.8. The Labute approximate surface area is 208 Å². The van der Waals surface area contributed by atoms with Crippen molar-refractivity contribution in [3.8, 4) is 0 Å². The molecular formula is C29H37N3O3. The van der Waals surface area contributed by atoms with Gasteiger partial charge in [-0.25, -0.2) is 5.48 Å². The van der Waals surface area contributed by atoms with Crippen LogP contribution >= 0.6 is 0 Å². The topological polar surface area (TPSA) is 85.8 Å². The van der Waals surface area contributed by atoms with E-state index in [1.165, 1.54) is 34.5 Å². The van der Waals surface area contributed by atoms with Gasteiger partial charge in [0.25, 0.3) is 0 Å². The summed E-state index contributed by atoms with van der Waals surface area (Å²) in [6.45, 7) is 3.56. The minimum atomic E-state index is 0.602. The zero-order valence-electron chi connectivity index (χ0n) is 20.8. The minimum absolute atomic E-state index is 0.602. The summed E-state index contributed by atoms with van der Waals surface area (Å²) >= 11 is 0. The van der Waals surface area contributed by atoms with Gasteiger partial charge in [0.2, 0.25) is 0 Å². The average molecular weight is 476 g/mol. The van der Waals surface area contributed by atoms with Crippen molar-refractivity contribution in [1.82, 2.24) is 5.48 Å². The Morgan fingerprint density at radius 2 is 1.29 bits per heavy atom. The molecule has 35 heavy (non-hydrogen) atoms. The predicted molar refractivity (Wildman–Crippen MR) is 146 cm³/mol. The third-order valence-electron chi connectivity index (χ3n) is 5.33. The summed E-state index contributed by atoms with van der Waals surface area (Å²) < 4.78 is 0. The molecule has 0 aromatic heterocycles. The number of aryl methyl sites for hydroxylation is 1. The van der Waals surface area contributed by atoms with Gasteiger partial charge >= 0.3 is 0 Å². The van der Waals surface area contributed by atoms with Crippen molar-refractivity contribution < 1.29 is 15.2 Å². The number of hydrogen-bond acceptors (Lipinski definition) is 6. The van der Waals surface area contributed by atoms with Crippen molar-refractivity contribution in [2.75, 3.05) is 31.6 Å². The molecule has 4 aromatic carbocycles. The first-order valence-corrected chi connectivity index (χ1v) is 11.7. The van der Waals surface area contributed by atoms with E-state index in [1.54, 1.807) is 5.48 Å². The summed E-state index contributed by atoms with van der Waals surface area (Å²) in [4.78, 5) is 5.77. The lowest BCUT2D eigenvalue weighted by Gasteiger charge is -2.14. The van der Waals surface area contributed by atoms with E-state index in [4.69, 9.17) is 15.2 Å². The standard InChI is InChI=1S/C27H28N2O.CH5NO.CH4O/c1-2-21-11-13-23(14-12-21)20-28-26-9-5-6-10-27(26)29-30-18-17-22-15-16-24-7-3-4-8-25(24)19-22;1-2-3;1-2/h3-16,19,28-29H,2,17-18,20H2,1H3;2-3H,1H3;2H,1H3. The van der Waals surface area contributed by atoms with Gasteiger partial charge in [-0.05, 0) is 52.4 Å². The molecule has 0 spiro atoms. The molecule has 0 fully saturated rings. The van der Waals surface area contributed by atoms with Crippen LogP contribution in [-0.4, -0.2) is 31.1 Å². The van der Waals surface area contributed by atoms with E-state index in [2.05, 4.69) is 90.5 Å². The molecule has 186 valence electrons. The van der Waals surface area contributed by atoms with Crippen LogP contribution in [0.2, 0.25) is 0 Å². The van der Waals surface area contributed by atoms with E-state index in [1.807, 2.05) is 18.2 Å². The predicted octanol–water partition coefficient (Wildman–Crippen LogP) is 5.80. The van der Waals surface area contributed by atoms with Crippen molar-refractivity contribution >= 4 is 22.1 Å². The number of fused-ring (bicyclic) bond motifs is 1. The molecule has 6 nitrogen and oxygen atoms in total. The Bertz CT molecular complexity index is 1120. The number of hydrogen-bond donors (Lipinski definition) is 5. The zero-order valence-corrected chi connectivity index (χ0v) is 20.8. The van der Waals surface area contributed by atoms with Crippen molar-refractivity contribution in [1.29, 1.82) is 0 Å². The Hall–Kier alpha value is -3.42. The molecule has 6 heteroatoms. The van der Waals surface area contributed by atoms with Gasteiger partial charge in [0, 0.05) is 20.7 Å². The summed E-state index contributed by atoms with van der Waals surface area (Å²) in [5.74, 6) is 0. The SMILES string of the molecule is CCc1ccc(CNc2ccccc2NOCCc2ccc3ccccc3c2)cc1.CNO.CO. The highest BCUT2D eigenvalue weighted by Gasteiger charge is 2.03. The van der Waals surface area contributed by atoms with Crippen LogP contribution in [-0.2, 0) is 24.2 Å². The van der Waals surface area contributed by atoms with Gasteiger partial charge in [-0.15, -0.1) is 0 Å². The smallest absolute Gasteiger partial charge is 0.0836 e. The third kappa shape index (κ3) is 9.39. The normalized spacial score (nSPS) is 9.97. The first-order valence-electron chi connectivity index (χ1n) is 11.7. The molecular weight excluding hydrogens is 438 g/mol. The summed E-state index contributed by atoms with van der Waals surface area (Å²) in [6.07, 6.45) is 1.92. The fraction of sp³-hybridized carbons (Fsp3) is 0.241. The maximum atomic E-state index is 7.32. The van der Waals surface area contributed by atoms with Crippen LogP contribution in [0.25, 0.3) is 10.8 Å². The summed E-state index contributed by atoms with van der Waals surface area (Å²) in [5.41, 5.74) is 10.7. The average Bonchev–Trinajstić information content (AvgIpc) is 2.92. The van der Waals surface area contributed by atoms with Gasteiger partial charge in [-0.2, -0.15) is 0 Å². The van der Waals surface area contributed by atoms with Crippen molar-refractivity contribution in [3.63, 3.8) is 0 Å². The molecule has 0 atom stereocenters. The van der Waals surface area contributed by atoms with E-state index in [0.29, 0.717) is 6.61 Å². The molecule has 5 N–H and O–H groups in total. The highest BCUT2D eigenvalue weighted by atomic mass is 16.6. The Morgan fingerprint density at radius 1 is 0.714 bits per heavy atom. The number of rotatable bonds is 9. The maximum Gasteiger partial charge on any atom is 0.0836 e. The highest BCUT2D eigenvalue weighted by molar-refractivity contribution is 5.83. The largest absolute Gasteiger partial charge is 0.400 e. The number of nitrogens with one attached hydrogen (secondary N) is 3. The molecule has 0 saturated heterocycles. The Balaban J connectivity index is 0.000000803. The fourth-order valence-corrected chi connectivity index (χ4v) is 3.51.